The van der Waals surface area contributed by atoms with Gasteiger partial charge in [-0.05, 0) is 55.3 Å². The summed E-state index contributed by atoms with van der Waals surface area (Å²) in [6.45, 7) is 3.90. The molecule has 0 N–H and O–H groups in total. The van der Waals surface area contributed by atoms with Gasteiger partial charge in [0, 0.05) is 11.1 Å². The van der Waals surface area contributed by atoms with Gasteiger partial charge in [-0.15, -0.1) is 0 Å². The van der Waals surface area contributed by atoms with Crippen LogP contribution in [0, 0.1) is 13.8 Å². The predicted molar refractivity (Wildman–Crippen MR) is 103 cm³/mol. The molecule has 3 heterocycles. The standard InChI is InChI=1S/C22H15F3N2O3/c1-11-3-4-13(7-12(11)2)16-9-15(22(23,24)25)19-20(27-30-21(19)26-16)14-5-6-17-18(8-14)29-10-28-17/h3-9H,10H2,1-2H3. The van der Waals surface area contributed by atoms with Crippen molar-refractivity contribution in [2.24, 2.45) is 0 Å². The number of fused-ring (bicyclic) bond motifs is 2. The molecule has 5 rings (SSSR count). The van der Waals surface area contributed by atoms with E-state index in [0.717, 1.165) is 17.2 Å². The summed E-state index contributed by atoms with van der Waals surface area (Å²) in [6.07, 6.45) is -4.62. The molecule has 2 aromatic heterocycles. The van der Waals surface area contributed by atoms with Crippen LogP contribution in [0.15, 0.2) is 47.0 Å². The number of hydrogen-bond donors (Lipinski definition) is 0. The van der Waals surface area contributed by atoms with Crippen LogP contribution in [0.1, 0.15) is 16.7 Å². The number of rotatable bonds is 2. The SMILES string of the molecule is Cc1ccc(-c2cc(C(F)(F)F)c3c(-c4ccc5c(c4)OCO5)noc3n2)cc1C. The van der Waals surface area contributed by atoms with Gasteiger partial charge in [0.15, 0.2) is 11.5 Å². The first kappa shape index (κ1) is 18.5. The first-order chi connectivity index (χ1) is 14.3. The monoisotopic (exact) mass is 412 g/mol. The number of alkyl halides is 3. The van der Waals surface area contributed by atoms with E-state index in [1.165, 1.54) is 0 Å². The van der Waals surface area contributed by atoms with Crippen LogP contribution in [0.3, 0.4) is 0 Å². The zero-order chi connectivity index (χ0) is 21.0. The maximum atomic E-state index is 14.0. The van der Waals surface area contributed by atoms with Gasteiger partial charge in [-0.1, -0.05) is 17.3 Å². The van der Waals surface area contributed by atoms with Gasteiger partial charge in [-0.3, -0.25) is 0 Å². The average molecular weight is 412 g/mol. The van der Waals surface area contributed by atoms with Crippen LogP contribution in [0.5, 0.6) is 11.5 Å². The van der Waals surface area contributed by atoms with E-state index in [1.54, 1.807) is 30.3 Å². The van der Waals surface area contributed by atoms with Gasteiger partial charge >= 0.3 is 6.18 Å². The minimum absolute atomic E-state index is 0.0507. The molecule has 30 heavy (non-hydrogen) atoms. The van der Waals surface area contributed by atoms with Crippen LogP contribution in [-0.2, 0) is 6.18 Å². The minimum Gasteiger partial charge on any atom is -0.454 e. The zero-order valence-corrected chi connectivity index (χ0v) is 16.0. The van der Waals surface area contributed by atoms with Crippen molar-refractivity contribution in [1.82, 2.24) is 10.1 Å². The van der Waals surface area contributed by atoms with Gasteiger partial charge in [-0.2, -0.15) is 13.2 Å². The second-order valence-electron chi connectivity index (χ2n) is 7.13. The Kier molecular flexibility index (Phi) is 3.99. The predicted octanol–water partition coefficient (Wildman–Crippen LogP) is 5.92. The Bertz CT molecular complexity index is 1300. The number of nitrogens with zero attached hydrogens (tertiary/aromatic N) is 2. The fraction of sp³-hybridized carbons (Fsp3) is 0.182. The van der Waals surface area contributed by atoms with Crippen molar-refractivity contribution in [1.29, 1.82) is 0 Å². The lowest BCUT2D eigenvalue weighted by Crippen LogP contribution is -2.07. The molecule has 0 amide bonds. The van der Waals surface area contributed by atoms with E-state index in [1.807, 2.05) is 19.9 Å². The molecule has 1 aliphatic heterocycles. The lowest BCUT2D eigenvalue weighted by molar-refractivity contribution is -0.136. The molecule has 0 radical (unpaired) electrons. The third-order valence-corrected chi connectivity index (χ3v) is 5.20. The Labute approximate surface area is 169 Å². The van der Waals surface area contributed by atoms with Crippen molar-refractivity contribution in [3.05, 3.63) is 59.2 Å². The second kappa shape index (κ2) is 6.48. The van der Waals surface area contributed by atoms with E-state index in [-0.39, 0.29) is 29.3 Å². The van der Waals surface area contributed by atoms with Crippen molar-refractivity contribution in [2.45, 2.75) is 20.0 Å². The molecular formula is C22H15F3N2O3. The maximum Gasteiger partial charge on any atom is 0.417 e. The molecule has 152 valence electrons. The number of aryl methyl sites for hydroxylation is 2. The van der Waals surface area contributed by atoms with E-state index < -0.39 is 11.7 Å². The summed E-state index contributed by atoms with van der Waals surface area (Å²) in [4.78, 5) is 4.32. The van der Waals surface area contributed by atoms with E-state index in [9.17, 15) is 13.2 Å². The van der Waals surface area contributed by atoms with Gasteiger partial charge in [-0.25, -0.2) is 4.98 Å². The smallest absolute Gasteiger partial charge is 0.417 e. The Morgan fingerprint density at radius 3 is 2.40 bits per heavy atom. The molecule has 4 aromatic rings. The molecule has 0 bridgehead atoms. The number of hydrogen-bond acceptors (Lipinski definition) is 5. The van der Waals surface area contributed by atoms with Gasteiger partial charge < -0.3 is 14.0 Å². The van der Waals surface area contributed by atoms with Gasteiger partial charge in [0.05, 0.1) is 16.6 Å². The average Bonchev–Trinajstić information content (AvgIpc) is 3.34. The van der Waals surface area contributed by atoms with Crippen LogP contribution in [-0.4, -0.2) is 16.9 Å². The van der Waals surface area contributed by atoms with Crippen LogP contribution >= 0.6 is 0 Å². The van der Waals surface area contributed by atoms with E-state index in [0.29, 0.717) is 22.6 Å². The molecule has 8 heteroatoms. The lowest BCUT2D eigenvalue weighted by Gasteiger charge is -2.11. The van der Waals surface area contributed by atoms with E-state index in [2.05, 4.69) is 10.1 Å². The minimum atomic E-state index is -4.62. The van der Waals surface area contributed by atoms with Gasteiger partial charge in [0.1, 0.15) is 5.69 Å². The highest BCUT2D eigenvalue weighted by atomic mass is 19.4. The highest BCUT2D eigenvalue weighted by Crippen LogP contribution is 2.43. The van der Waals surface area contributed by atoms with Crippen LogP contribution < -0.4 is 9.47 Å². The fourth-order valence-electron chi connectivity index (χ4n) is 3.46. The summed E-state index contributed by atoms with van der Waals surface area (Å²) in [7, 11) is 0. The largest absolute Gasteiger partial charge is 0.454 e. The fourth-order valence-corrected chi connectivity index (χ4v) is 3.46. The van der Waals surface area contributed by atoms with Crippen LogP contribution in [0.4, 0.5) is 13.2 Å². The first-order valence-corrected chi connectivity index (χ1v) is 9.16. The summed E-state index contributed by atoms with van der Waals surface area (Å²) < 4.78 is 57.9. The van der Waals surface area contributed by atoms with Gasteiger partial charge in [0.2, 0.25) is 6.79 Å². The highest BCUT2D eigenvalue weighted by Gasteiger charge is 2.36. The lowest BCUT2D eigenvalue weighted by atomic mass is 10.00. The highest BCUT2D eigenvalue weighted by molar-refractivity contribution is 5.94. The summed E-state index contributed by atoms with van der Waals surface area (Å²) >= 11 is 0. The van der Waals surface area contributed by atoms with Crippen LogP contribution in [0.25, 0.3) is 33.6 Å². The third kappa shape index (κ3) is 2.96. The molecular weight excluding hydrogens is 397 g/mol. The molecule has 0 atom stereocenters. The quantitative estimate of drug-likeness (QED) is 0.409. The van der Waals surface area contributed by atoms with Gasteiger partial charge in [0.25, 0.3) is 5.71 Å². The Hall–Kier alpha value is -3.55. The van der Waals surface area contributed by atoms with Crippen molar-refractivity contribution in [2.75, 3.05) is 6.79 Å². The number of ether oxygens (including phenoxy) is 2. The maximum absolute atomic E-state index is 14.0. The summed E-state index contributed by atoms with van der Waals surface area (Å²) in [6, 6.07) is 11.3. The molecule has 5 nitrogen and oxygen atoms in total. The molecule has 0 spiro atoms. The topological polar surface area (TPSA) is 57.4 Å². The number of aromatic nitrogens is 2. The third-order valence-electron chi connectivity index (χ3n) is 5.20. The Morgan fingerprint density at radius 1 is 0.867 bits per heavy atom. The number of benzene rings is 2. The zero-order valence-electron chi connectivity index (χ0n) is 16.0. The Morgan fingerprint density at radius 2 is 1.63 bits per heavy atom. The van der Waals surface area contributed by atoms with E-state index >= 15 is 0 Å². The first-order valence-electron chi connectivity index (χ1n) is 9.16. The number of halogens is 3. The summed E-state index contributed by atoms with van der Waals surface area (Å²) in [5, 5.41) is 3.71. The second-order valence-corrected chi connectivity index (χ2v) is 7.13. The van der Waals surface area contributed by atoms with Crippen LogP contribution in [0.2, 0.25) is 0 Å². The normalized spacial score (nSPS) is 13.2. The number of pyridine rings is 1. The molecule has 0 fully saturated rings. The van der Waals surface area contributed by atoms with Crippen molar-refractivity contribution in [3.63, 3.8) is 0 Å². The molecule has 0 saturated heterocycles. The summed E-state index contributed by atoms with van der Waals surface area (Å²) in [5.74, 6) is 0.967. The van der Waals surface area contributed by atoms with Crippen molar-refractivity contribution in [3.8, 4) is 34.0 Å². The molecule has 1 aliphatic rings. The molecule has 2 aromatic carbocycles. The Balaban J connectivity index is 1.73. The summed E-state index contributed by atoms with van der Waals surface area (Å²) in [5.41, 5.74) is 2.19. The molecule has 0 saturated carbocycles. The van der Waals surface area contributed by atoms with Crippen molar-refractivity contribution < 1.29 is 27.2 Å². The van der Waals surface area contributed by atoms with E-state index in [4.69, 9.17) is 14.0 Å². The van der Waals surface area contributed by atoms with Crippen molar-refractivity contribution >= 4 is 11.1 Å². The molecule has 0 unspecified atom stereocenters. The molecule has 0 aliphatic carbocycles.